The molecule has 5 aliphatic heterocycles. The molecule has 0 N–H and O–H groups in total. The molecule has 0 aromatic carbocycles. The fourth-order valence-electron chi connectivity index (χ4n) is 31.3. The average molecular weight is 1730 g/mol. The molecule has 21 fully saturated rings. The molecule has 16 bridgehead atoms. The molecule has 0 aromatic heterocycles. The molecule has 24 heteroatoms. The summed E-state index contributed by atoms with van der Waals surface area (Å²) in [7, 11) is 0. The van der Waals surface area contributed by atoms with Crippen LogP contribution in [0.2, 0.25) is 0 Å². The standard InChI is InChI=1S/C23H32O6.C22H32O4.C20H28O4.C18H26O6.C17H26O4/c1-4-22(2,3)21(26)28-10-18(25)29-16-7-12-5-14(16)20-15-6-13(19(12)20)8-23(15)11-27-9-17(23)24;1-5-21(3,4)20(24)26-19-11(2)13-7-14(19)18-15-6-12(17(13)18)8-22(15)9-16(23)25-10-22;1-4-20(2,3)19(22)24-14-6-9-5-11(14)16-12-7-10(15(9)16)13-8-23-18(21)17(12)13;1-4-17(2,3)15(20)23-10-14(19)24-13-8-11-7-12(13)18(9-11)5-6-22-16(18)21;1-5-16(3,4)14(18)21-13-10(2)11-8-12(13)17(9-11)6-7-20-15(17)19/h12-16,19-20H,4-11H2,1-3H3;11-15,17-19H,5-10H2,1-4H3;9-17H,4-8H2,1-3H3;11-13H,4-10H2,1-3H3;10-13H,5-9H2,1-4H3. The largest absolute Gasteiger partial charge is 0.465 e. The lowest BCUT2D eigenvalue weighted by molar-refractivity contribution is -0.173. The maximum atomic E-state index is 12.7. The molecule has 688 valence electrons. The highest BCUT2D eigenvalue weighted by Gasteiger charge is 2.76. The molecule has 16 saturated carbocycles. The smallest absolute Gasteiger partial charge is 0.344 e. The van der Waals surface area contributed by atoms with Gasteiger partial charge in [-0.25, -0.2) is 9.59 Å². The predicted molar refractivity (Wildman–Crippen MR) is 446 cm³/mol. The monoisotopic (exact) mass is 1730 g/mol. The van der Waals surface area contributed by atoms with Gasteiger partial charge in [-0.2, -0.15) is 0 Å². The Bertz CT molecular complexity index is 4230. The second-order valence-electron chi connectivity index (χ2n) is 46.9. The zero-order valence-electron chi connectivity index (χ0n) is 77.1. The molecule has 4 spiro atoms. The highest BCUT2D eigenvalue weighted by molar-refractivity contribution is 5.89. The minimum atomic E-state index is -0.607. The molecule has 35 unspecified atom stereocenters. The first-order chi connectivity index (χ1) is 58.6. The maximum absolute atomic E-state index is 12.7. The van der Waals surface area contributed by atoms with Gasteiger partial charge >= 0.3 is 65.7 Å². The lowest BCUT2D eigenvalue weighted by atomic mass is 9.58. The second-order valence-corrected chi connectivity index (χ2v) is 46.9. The molecule has 35 atom stereocenters. The third-order valence-electron chi connectivity index (χ3n) is 39.5. The summed E-state index contributed by atoms with van der Waals surface area (Å²) >= 11 is 0. The second kappa shape index (κ2) is 32.4. The summed E-state index contributed by atoms with van der Waals surface area (Å²) in [6.45, 7) is 35.8. The van der Waals surface area contributed by atoms with E-state index < -0.39 is 50.4 Å². The molecule has 0 aromatic rings. The molecule has 5 saturated heterocycles. The van der Waals surface area contributed by atoms with Crippen molar-refractivity contribution in [3.05, 3.63) is 0 Å². The summed E-state index contributed by atoms with van der Waals surface area (Å²) in [5, 5.41) is 0. The quantitative estimate of drug-likeness (QED) is 0.0659. The van der Waals surface area contributed by atoms with Crippen molar-refractivity contribution in [1.29, 1.82) is 0 Å². The van der Waals surface area contributed by atoms with E-state index in [-0.39, 0.29) is 132 Å². The van der Waals surface area contributed by atoms with Crippen molar-refractivity contribution in [3.63, 3.8) is 0 Å². The summed E-state index contributed by atoms with van der Waals surface area (Å²) in [6, 6.07) is 0. The zero-order chi connectivity index (χ0) is 88.7. The Labute approximate surface area is 733 Å². The normalized spacial score (nSPS) is 44.7. The van der Waals surface area contributed by atoms with Gasteiger partial charge in [0.1, 0.15) is 37.1 Å². The van der Waals surface area contributed by atoms with E-state index in [0.29, 0.717) is 176 Å². The number of cyclic esters (lactones) is 4. The van der Waals surface area contributed by atoms with Gasteiger partial charge < -0.3 is 56.8 Å². The SMILES string of the molecule is CCC(C)(C)C(=O)OC1C(C)C2CC1C1(CCOC1=O)C2.CCC(C)(C)C(=O)OC1C(C)C2CC1C1C2C2CC1C1(COC(=O)C1)C2.CCC(C)(C)C(=O)OC1CC2CC1C1C3CC(C4COC(=O)C43)C21.CCC(C)(C)C(=O)OCC(=O)OC1CC2CC1C1(CCOC1=O)C2.CCC(C)(C)C(=O)OCC(=O)OC1CC2CC1C1C2C2CC1C1(COCC1=O)C2. The highest BCUT2D eigenvalue weighted by atomic mass is 16.6. The van der Waals surface area contributed by atoms with Crippen LogP contribution < -0.4 is 0 Å². The number of carbonyl (C=O) groups is 12. The van der Waals surface area contributed by atoms with Gasteiger partial charge in [-0.15, -0.1) is 0 Å². The van der Waals surface area contributed by atoms with Crippen LogP contribution in [0.4, 0.5) is 0 Å². The summed E-state index contributed by atoms with van der Waals surface area (Å²) in [4.78, 5) is 147. The molecule has 24 nitrogen and oxygen atoms in total. The lowest BCUT2D eigenvalue weighted by Crippen LogP contribution is -2.48. The van der Waals surface area contributed by atoms with Crippen molar-refractivity contribution in [2.45, 2.75) is 296 Å². The van der Waals surface area contributed by atoms with E-state index in [9.17, 15) is 57.5 Å². The van der Waals surface area contributed by atoms with Crippen molar-refractivity contribution in [3.8, 4) is 0 Å². The van der Waals surface area contributed by atoms with Crippen molar-refractivity contribution in [2.24, 2.45) is 203 Å². The topological polar surface area (TPSA) is 316 Å². The van der Waals surface area contributed by atoms with E-state index in [1.54, 1.807) is 13.8 Å². The molecular formula is C100H144O24. The summed E-state index contributed by atoms with van der Waals surface area (Å²) in [6.07, 6.45) is 21.3. The lowest BCUT2D eigenvalue weighted by Gasteiger charge is -2.47. The summed E-state index contributed by atoms with van der Waals surface area (Å²) in [5.41, 5.74) is -3.41. The van der Waals surface area contributed by atoms with Crippen LogP contribution in [0.3, 0.4) is 0 Å². The average Bonchev–Trinajstić information content (AvgIpc) is 1.53. The maximum Gasteiger partial charge on any atom is 0.344 e. The van der Waals surface area contributed by atoms with Crippen LogP contribution in [0, 0.1) is 203 Å². The molecule has 0 radical (unpaired) electrons. The van der Waals surface area contributed by atoms with E-state index in [1.807, 2.05) is 83.1 Å². The Kier molecular flexibility index (Phi) is 23.5. The molecule has 0 amide bonds. The third-order valence-corrected chi connectivity index (χ3v) is 39.5. The van der Waals surface area contributed by atoms with Gasteiger partial charge in [0.25, 0.3) is 0 Å². The van der Waals surface area contributed by atoms with Crippen LogP contribution in [0.15, 0.2) is 0 Å². The first-order valence-electron chi connectivity index (χ1n) is 48.7. The number of hydrogen-bond acceptors (Lipinski definition) is 24. The van der Waals surface area contributed by atoms with Gasteiger partial charge in [-0.1, -0.05) is 48.5 Å². The van der Waals surface area contributed by atoms with Crippen LogP contribution in [0.5, 0.6) is 0 Å². The first-order valence-corrected chi connectivity index (χ1v) is 48.7. The predicted octanol–water partition coefficient (Wildman–Crippen LogP) is 14.8. The number of Topliss-reactive ketones (excluding diaryl/α,β-unsaturated/α-hetero) is 1. The Morgan fingerprint density at radius 1 is 0.387 bits per heavy atom. The Morgan fingerprint density at radius 2 is 0.887 bits per heavy atom. The Morgan fingerprint density at radius 3 is 1.44 bits per heavy atom. The molecule has 21 aliphatic rings. The summed E-state index contributed by atoms with van der Waals surface area (Å²) < 4.78 is 66.5. The zero-order valence-corrected chi connectivity index (χ0v) is 77.1. The van der Waals surface area contributed by atoms with E-state index in [0.717, 1.165) is 114 Å². The molecular weight excluding hydrogens is 1590 g/mol. The van der Waals surface area contributed by atoms with Crippen molar-refractivity contribution >= 4 is 71.4 Å². The minimum absolute atomic E-state index is 0.00158. The Hall–Kier alpha value is -6.20. The molecule has 21 rings (SSSR count). The number of fused-ring (bicyclic) bond motifs is 38. The van der Waals surface area contributed by atoms with Crippen LogP contribution in [0.1, 0.15) is 265 Å². The highest BCUT2D eigenvalue weighted by Crippen LogP contribution is 2.77. The van der Waals surface area contributed by atoms with Gasteiger partial charge in [0.15, 0.2) is 19.0 Å². The van der Waals surface area contributed by atoms with E-state index in [2.05, 4.69) is 20.8 Å². The number of carbonyl (C=O) groups excluding carboxylic acids is 12. The van der Waals surface area contributed by atoms with Crippen LogP contribution in [0.25, 0.3) is 0 Å². The van der Waals surface area contributed by atoms with E-state index in [4.69, 9.17) is 56.8 Å². The summed E-state index contributed by atoms with van der Waals surface area (Å²) in [5.74, 6) is 11.7. The number of ketones is 1. The number of hydrogen-bond donors (Lipinski definition) is 0. The Balaban J connectivity index is 0.000000110. The number of ether oxygens (including phenoxy) is 12. The number of esters is 11. The van der Waals surface area contributed by atoms with Gasteiger partial charge in [-0.3, -0.25) is 47.9 Å². The van der Waals surface area contributed by atoms with Gasteiger partial charge in [-0.05, 0) is 341 Å². The van der Waals surface area contributed by atoms with Crippen molar-refractivity contribution in [2.75, 3.05) is 52.9 Å². The van der Waals surface area contributed by atoms with Crippen LogP contribution in [-0.4, -0.2) is 155 Å². The number of rotatable bonds is 19. The van der Waals surface area contributed by atoms with Crippen LogP contribution >= 0.6 is 0 Å². The first kappa shape index (κ1) is 89.8. The van der Waals surface area contributed by atoms with E-state index >= 15 is 0 Å². The molecule has 16 aliphatic carbocycles. The van der Waals surface area contributed by atoms with Crippen LogP contribution in [-0.2, 0) is 114 Å². The van der Waals surface area contributed by atoms with Gasteiger partial charge in [0.05, 0.1) is 88.7 Å². The van der Waals surface area contributed by atoms with Crippen molar-refractivity contribution < 1.29 is 114 Å². The van der Waals surface area contributed by atoms with Gasteiger partial charge in [0, 0.05) is 23.2 Å². The molecule has 5 heterocycles. The third kappa shape index (κ3) is 14.6. The van der Waals surface area contributed by atoms with E-state index in [1.165, 1.54) is 32.1 Å². The minimum Gasteiger partial charge on any atom is -0.465 e. The fraction of sp³-hybridized carbons (Fsp3) is 0.880. The molecule has 124 heavy (non-hydrogen) atoms. The van der Waals surface area contributed by atoms with Crippen molar-refractivity contribution in [1.82, 2.24) is 0 Å². The fourth-order valence-corrected chi connectivity index (χ4v) is 31.3. The van der Waals surface area contributed by atoms with Gasteiger partial charge in [0.2, 0.25) is 0 Å².